The number of hydrogen-bond donors (Lipinski definition) is 0. The standard InChI is InChI=1S/C18H36N4O2/c1-8-19-16(20(6)7)22-12-10-15(11-13-22)14-21(9-2)17(23)24-18(3,4)5/h15H,8-14H2,1-7H3. The fourth-order valence-electron chi connectivity index (χ4n) is 2.95. The van der Waals surface area contributed by atoms with Gasteiger partial charge >= 0.3 is 6.09 Å². The van der Waals surface area contributed by atoms with Crippen LogP contribution in [-0.4, -0.2) is 79.2 Å². The number of guanidine groups is 1. The van der Waals surface area contributed by atoms with Crippen molar-refractivity contribution >= 4 is 12.1 Å². The van der Waals surface area contributed by atoms with Crippen LogP contribution < -0.4 is 0 Å². The first kappa shape index (κ1) is 20.6. The maximum absolute atomic E-state index is 12.3. The van der Waals surface area contributed by atoms with Crippen molar-refractivity contribution in [2.45, 2.75) is 53.1 Å². The summed E-state index contributed by atoms with van der Waals surface area (Å²) in [6, 6.07) is 0. The number of carbonyl (C=O) groups excluding carboxylic acids is 1. The second kappa shape index (κ2) is 9.14. The lowest BCUT2D eigenvalue weighted by Crippen LogP contribution is -2.47. The maximum Gasteiger partial charge on any atom is 0.410 e. The number of likely N-dealkylation sites (tertiary alicyclic amines) is 1. The molecule has 0 spiro atoms. The van der Waals surface area contributed by atoms with Crippen LogP contribution in [0.4, 0.5) is 4.79 Å². The highest BCUT2D eigenvalue weighted by atomic mass is 16.6. The molecule has 1 aliphatic heterocycles. The lowest BCUT2D eigenvalue weighted by molar-refractivity contribution is 0.0213. The first-order valence-corrected chi connectivity index (χ1v) is 9.12. The minimum Gasteiger partial charge on any atom is -0.444 e. The van der Waals surface area contributed by atoms with Crippen LogP contribution in [0.25, 0.3) is 0 Å². The Kier molecular flexibility index (Phi) is 7.84. The van der Waals surface area contributed by atoms with E-state index in [1.165, 1.54) is 0 Å². The molecule has 0 N–H and O–H groups in total. The Labute approximate surface area is 147 Å². The molecule has 6 heteroatoms. The molecule has 0 saturated carbocycles. The van der Waals surface area contributed by atoms with Crippen LogP contribution in [0.1, 0.15) is 47.5 Å². The number of nitrogens with zero attached hydrogens (tertiary/aromatic N) is 4. The number of amides is 1. The van der Waals surface area contributed by atoms with Gasteiger partial charge in [0, 0.05) is 46.8 Å². The summed E-state index contributed by atoms with van der Waals surface area (Å²) < 4.78 is 5.51. The minimum absolute atomic E-state index is 0.200. The molecule has 0 radical (unpaired) electrons. The molecule has 140 valence electrons. The summed E-state index contributed by atoms with van der Waals surface area (Å²) in [5.74, 6) is 1.59. The second-order valence-electron chi connectivity index (χ2n) is 7.62. The van der Waals surface area contributed by atoms with Crippen LogP contribution in [-0.2, 0) is 4.74 Å². The topological polar surface area (TPSA) is 48.4 Å². The van der Waals surface area contributed by atoms with Crippen LogP contribution in [0.2, 0.25) is 0 Å². The lowest BCUT2D eigenvalue weighted by atomic mass is 9.96. The summed E-state index contributed by atoms with van der Waals surface area (Å²) in [7, 11) is 4.09. The third-order valence-electron chi connectivity index (χ3n) is 4.11. The van der Waals surface area contributed by atoms with Gasteiger partial charge in [-0.2, -0.15) is 0 Å². The Morgan fingerprint density at radius 2 is 1.79 bits per heavy atom. The summed E-state index contributed by atoms with van der Waals surface area (Å²) in [6.07, 6.45) is 1.96. The molecule has 1 heterocycles. The lowest BCUT2D eigenvalue weighted by Gasteiger charge is -2.38. The summed E-state index contributed by atoms with van der Waals surface area (Å²) in [6.45, 7) is 14.1. The summed E-state index contributed by atoms with van der Waals surface area (Å²) in [4.78, 5) is 23.1. The average Bonchev–Trinajstić information content (AvgIpc) is 2.49. The zero-order chi connectivity index (χ0) is 18.3. The number of hydrogen-bond acceptors (Lipinski definition) is 3. The van der Waals surface area contributed by atoms with Gasteiger partial charge in [-0.3, -0.25) is 4.99 Å². The minimum atomic E-state index is -0.439. The smallest absolute Gasteiger partial charge is 0.410 e. The summed E-state index contributed by atoms with van der Waals surface area (Å²) in [5.41, 5.74) is -0.439. The van der Waals surface area contributed by atoms with Gasteiger partial charge in [-0.1, -0.05) is 0 Å². The van der Waals surface area contributed by atoms with Crippen LogP contribution in [0.3, 0.4) is 0 Å². The molecule has 0 unspecified atom stereocenters. The van der Waals surface area contributed by atoms with Crippen molar-refractivity contribution in [1.29, 1.82) is 0 Å². The predicted octanol–water partition coefficient (Wildman–Crippen LogP) is 2.89. The van der Waals surface area contributed by atoms with E-state index in [1.54, 1.807) is 0 Å². The SMILES string of the molecule is CCN=C(N(C)C)N1CCC(CN(CC)C(=O)OC(C)(C)C)CC1. The quantitative estimate of drug-likeness (QED) is 0.583. The van der Waals surface area contributed by atoms with E-state index < -0.39 is 5.60 Å². The van der Waals surface area contributed by atoms with E-state index in [1.807, 2.05) is 46.7 Å². The summed E-state index contributed by atoms with van der Waals surface area (Å²) >= 11 is 0. The molecule has 6 nitrogen and oxygen atoms in total. The predicted molar refractivity (Wildman–Crippen MR) is 99.4 cm³/mol. The van der Waals surface area contributed by atoms with Gasteiger partial charge in [-0.25, -0.2) is 4.79 Å². The highest BCUT2D eigenvalue weighted by molar-refractivity contribution is 5.79. The monoisotopic (exact) mass is 340 g/mol. The molecule has 0 atom stereocenters. The second-order valence-corrected chi connectivity index (χ2v) is 7.62. The first-order valence-electron chi connectivity index (χ1n) is 9.12. The Hall–Kier alpha value is -1.46. The molecule has 0 aromatic heterocycles. The third kappa shape index (κ3) is 6.57. The van der Waals surface area contributed by atoms with Gasteiger partial charge in [-0.05, 0) is 53.4 Å². The van der Waals surface area contributed by atoms with Crippen LogP contribution in [0, 0.1) is 5.92 Å². The zero-order valence-electron chi connectivity index (χ0n) is 16.6. The maximum atomic E-state index is 12.3. The van der Waals surface area contributed by atoms with Gasteiger partial charge in [0.1, 0.15) is 5.60 Å². The van der Waals surface area contributed by atoms with E-state index in [-0.39, 0.29) is 6.09 Å². The molecule has 24 heavy (non-hydrogen) atoms. The van der Waals surface area contributed by atoms with Crippen molar-refractivity contribution in [1.82, 2.24) is 14.7 Å². The first-order chi connectivity index (χ1) is 11.2. The number of piperidine rings is 1. The number of carbonyl (C=O) groups is 1. The Balaban J connectivity index is 2.55. The molecule has 1 fully saturated rings. The van der Waals surface area contributed by atoms with Gasteiger partial charge in [0.2, 0.25) is 0 Å². The zero-order valence-corrected chi connectivity index (χ0v) is 16.6. The molecule has 1 rings (SSSR count). The third-order valence-corrected chi connectivity index (χ3v) is 4.11. The Bertz CT molecular complexity index is 421. The number of ether oxygens (including phenoxy) is 1. The van der Waals surface area contributed by atoms with Crippen molar-refractivity contribution < 1.29 is 9.53 Å². The largest absolute Gasteiger partial charge is 0.444 e. The van der Waals surface area contributed by atoms with Crippen LogP contribution in [0.5, 0.6) is 0 Å². The number of rotatable bonds is 4. The van der Waals surface area contributed by atoms with Crippen molar-refractivity contribution in [3.05, 3.63) is 0 Å². The van der Waals surface area contributed by atoms with Crippen molar-refractivity contribution in [2.24, 2.45) is 10.9 Å². The van der Waals surface area contributed by atoms with Crippen molar-refractivity contribution in [3.8, 4) is 0 Å². The highest BCUT2D eigenvalue weighted by Gasteiger charge is 2.27. The van der Waals surface area contributed by atoms with Crippen molar-refractivity contribution in [3.63, 3.8) is 0 Å². The van der Waals surface area contributed by atoms with E-state index in [2.05, 4.69) is 21.7 Å². The molecule has 0 bridgehead atoms. The average molecular weight is 341 g/mol. The fraction of sp³-hybridized carbons (Fsp3) is 0.889. The molecule has 1 saturated heterocycles. The normalized spacial score (nSPS) is 17.0. The molecule has 1 aliphatic rings. The van der Waals surface area contributed by atoms with E-state index >= 15 is 0 Å². The highest BCUT2D eigenvalue weighted by Crippen LogP contribution is 2.20. The Morgan fingerprint density at radius 1 is 1.21 bits per heavy atom. The number of aliphatic imine (C=N–C) groups is 1. The molecule has 0 aliphatic carbocycles. The van der Waals surface area contributed by atoms with Gasteiger partial charge in [-0.15, -0.1) is 0 Å². The molecule has 1 amide bonds. The van der Waals surface area contributed by atoms with Crippen molar-refractivity contribution in [2.75, 3.05) is 46.8 Å². The van der Waals surface area contributed by atoms with Gasteiger partial charge in [0.15, 0.2) is 5.96 Å². The molecular weight excluding hydrogens is 304 g/mol. The molecule has 0 aromatic carbocycles. The van der Waals surface area contributed by atoms with E-state index in [0.717, 1.165) is 45.0 Å². The van der Waals surface area contributed by atoms with E-state index in [9.17, 15) is 4.79 Å². The van der Waals surface area contributed by atoms with Crippen LogP contribution >= 0.6 is 0 Å². The molecule has 0 aromatic rings. The van der Waals surface area contributed by atoms with Gasteiger partial charge in [0.25, 0.3) is 0 Å². The van der Waals surface area contributed by atoms with Gasteiger partial charge < -0.3 is 19.4 Å². The summed E-state index contributed by atoms with van der Waals surface area (Å²) in [5, 5.41) is 0. The van der Waals surface area contributed by atoms with E-state index in [0.29, 0.717) is 12.5 Å². The molecular formula is C18H36N4O2. The van der Waals surface area contributed by atoms with Crippen LogP contribution in [0.15, 0.2) is 4.99 Å². The fourth-order valence-corrected chi connectivity index (χ4v) is 2.95. The van der Waals surface area contributed by atoms with E-state index in [4.69, 9.17) is 4.74 Å². The van der Waals surface area contributed by atoms with Gasteiger partial charge in [0.05, 0.1) is 0 Å². The Morgan fingerprint density at radius 3 is 2.21 bits per heavy atom.